The van der Waals surface area contributed by atoms with Gasteiger partial charge in [-0.2, -0.15) is 5.10 Å². The van der Waals surface area contributed by atoms with E-state index in [9.17, 15) is 18.0 Å². The van der Waals surface area contributed by atoms with Gasteiger partial charge in [0.15, 0.2) is 5.76 Å². The summed E-state index contributed by atoms with van der Waals surface area (Å²) >= 11 is 3.48. The minimum atomic E-state index is -3.79. The maximum absolute atomic E-state index is 13.1. The predicted molar refractivity (Wildman–Crippen MR) is 123 cm³/mol. The summed E-state index contributed by atoms with van der Waals surface area (Å²) in [4.78, 5) is 26.6. The van der Waals surface area contributed by atoms with Crippen molar-refractivity contribution >= 4 is 37.8 Å². The van der Waals surface area contributed by atoms with Crippen LogP contribution in [-0.4, -0.2) is 64.6 Å². The Balaban J connectivity index is 1.73. The number of nitrogens with zero attached hydrogens (tertiary/aromatic N) is 4. The molecule has 1 saturated heterocycles. The number of aromatic nitrogens is 2. The highest BCUT2D eigenvalue weighted by Gasteiger charge is 2.30. The molecule has 1 fully saturated rings. The second kappa shape index (κ2) is 10.2. The molecule has 0 atom stereocenters. The minimum Gasteiger partial charge on any atom is -0.454 e. The smallest absolute Gasteiger partial charge is 0.303 e. The van der Waals surface area contributed by atoms with Crippen LogP contribution in [0.4, 0.5) is 0 Å². The Bertz CT molecular complexity index is 1090. The zero-order chi connectivity index (χ0) is 23.5. The van der Waals surface area contributed by atoms with E-state index in [4.69, 9.17) is 4.42 Å². The molecule has 2 amide bonds. The van der Waals surface area contributed by atoms with Crippen LogP contribution in [0.15, 0.2) is 21.0 Å². The Morgan fingerprint density at radius 2 is 2.06 bits per heavy atom. The molecule has 3 heterocycles. The van der Waals surface area contributed by atoms with Gasteiger partial charge in [-0.1, -0.05) is 6.92 Å². The Morgan fingerprint density at radius 3 is 2.66 bits per heavy atom. The molecule has 0 aliphatic carbocycles. The number of aryl methyl sites for hydroxylation is 1. The number of carbonyl (C=O) groups excluding carboxylic acids is 2. The normalized spacial score (nSPS) is 14.4. The molecule has 0 radical (unpaired) electrons. The van der Waals surface area contributed by atoms with Gasteiger partial charge >= 0.3 is 5.91 Å². The quantitative estimate of drug-likeness (QED) is 0.469. The fourth-order valence-electron chi connectivity index (χ4n) is 3.76. The van der Waals surface area contributed by atoms with Gasteiger partial charge in [-0.25, -0.2) is 12.7 Å². The van der Waals surface area contributed by atoms with Gasteiger partial charge in [-0.15, -0.1) is 0 Å². The van der Waals surface area contributed by atoms with E-state index in [1.54, 1.807) is 22.6 Å². The zero-order valence-corrected chi connectivity index (χ0v) is 21.0. The van der Waals surface area contributed by atoms with Crippen LogP contribution in [0, 0.1) is 13.8 Å². The first-order chi connectivity index (χ1) is 15.1. The van der Waals surface area contributed by atoms with Gasteiger partial charge in [0.05, 0.1) is 28.2 Å². The molecule has 11 heteroatoms. The summed E-state index contributed by atoms with van der Waals surface area (Å²) in [5.41, 5.74) is 1.77. The van der Waals surface area contributed by atoms with Gasteiger partial charge in [-0.3, -0.25) is 14.3 Å². The highest BCUT2D eigenvalue weighted by atomic mass is 79.9. The topological polar surface area (TPSA) is 106 Å². The molecule has 1 aliphatic rings. The Morgan fingerprint density at radius 1 is 1.31 bits per heavy atom. The van der Waals surface area contributed by atoms with E-state index in [2.05, 4.69) is 21.0 Å². The fourth-order valence-corrected chi connectivity index (χ4v) is 5.53. The van der Waals surface area contributed by atoms with Crippen molar-refractivity contribution in [3.8, 4) is 0 Å². The average molecular weight is 529 g/mol. The van der Waals surface area contributed by atoms with E-state index in [1.807, 2.05) is 13.8 Å². The number of halogens is 1. The molecule has 1 aliphatic heterocycles. The lowest BCUT2D eigenvalue weighted by atomic mass is 10.3. The molecule has 0 saturated carbocycles. The van der Waals surface area contributed by atoms with Crippen molar-refractivity contribution in [3.05, 3.63) is 39.5 Å². The highest BCUT2D eigenvalue weighted by molar-refractivity contribution is 9.10. The molecule has 0 aromatic carbocycles. The van der Waals surface area contributed by atoms with Gasteiger partial charge in [0.2, 0.25) is 15.9 Å². The maximum Gasteiger partial charge on any atom is 0.303 e. The predicted octanol–water partition coefficient (Wildman–Crippen LogP) is 3.10. The number of furan rings is 1. The third kappa shape index (κ3) is 5.43. The Hall–Kier alpha value is -2.14. The van der Waals surface area contributed by atoms with Crippen molar-refractivity contribution in [1.29, 1.82) is 0 Å². The molecule has 9 nitrogen and oxygen atoms in total. The first-order valence-corrected chi connectivity index (χ1v) is 13.1. The van der Waals surface area contributed by atoms with Crippen LogP contribution in [0.3, 0.4) is 0 Å². The molecule has 2 aromatic rings. The largest absolute Gasteiger partial charge is 0.454 e. The van der Waals surface area contributed by atoms with Crippen LogP contribution in [0.1, 0.15) is 60.3 Å². The molecular formula is C21H29BrN4O5S. The Kier molecular flexibility index (Phi) is 7.81. The van der Waals surface area contributed by atoms with Crippen LogP contribution >= 0.6 is 15.9 Å². The van der Waals surface area contributed by atoms with Crippen molar-refractivity contribution in [2.75, 3.05) is 25.4 Å². The summed E-state index contributed by atoms with van der Waals surface area (Å²) in [5, 5.41) is 4.43. The summed E-state index contributed by atoms with van der Waals surface area (Å²) in [6.07, 6.45) is 2.12. The van der Waals surface area contributed by atoms with Crippen LogP contribution in [0.2, 0.25) is 0 Å². The van der Waals surface area contributed by atoms with Gasteiger partial charge in [0.1, 0.15) is 5.76 Å². The standard InChI is InChI=1S/C21H29BrN4O5S/c1-4-13-32(29,30)26(12-6-11-24-10-5-7-19(24)27)21(28)18-9-8-17(31-18)14-25-16(3)20(22)15(2)23-25/h8-9H,4-7,10-14H2,1-3H3. The van der Waals surface area contributed by atoms with E-state index in [0.29, 0.717) is 44.7 Å². The van der Waals surface area contributed by atoms with E-state index in [1.165, 1.54) is 6.07 Å². The van der Waals surface area contributed by atoms with Crippen molar-refractivity contribution < 1.29 is 22.4 Å². The third-order valence-electron chi connectivity index (χ3n) is 5.46. The number of sulfonamides is 1. The molecule has 0 N–H and O–H groups in total. The van der Waals surface area contributed by atoms with E-state index < -0.39 is 15.9 Å². The van der Waals surface area contributed by atoms with Crippen LogP contribution in [0.25, 0.3) is 0 Å². The summed E-state index contributed by atoms with van der Waals surface area (Å²) in [6, 6.07) is 3.15. The van der Waals surface area contributed by atoms with Gasteiger partial charge < -0.3 is 9.32 Å². The van der Waals surface area contributed by atoms with E-state index >= 15 is 0 Å². The number of carbonyl (C=O) groups is 2. The molecule has 32 heavy (non-hydrogen) atoms. The average Bonchev–Trinajstić information content (AvgIpc) is 3.42. The van der Waals surface area contributed by atoms with Crippen molar-refractivity contribution in [1.82, 2.24) is 19.0 Å². The summed E-state index contributed by atoms with van der Waals surface area (Å²) in [6.45, 7) is 7.00. The first-order valence-electron chi connectivity index (χ1n) is 10.7. The molecular weight excluding hydrogens is 500 g/mol. The molecule has 0 spiro atoms. The highest BCUT2D eigenvalue weighted by Crippen LogP contribution is 2.22. The van der Waals surface area contributed by atoms with E-state index in [0.717, 1.165) is 26.6 Å². The summed E-state index contributed by atoms with van der Waals surface area (Å²) < 4.78 is 34.8. The second-order valence-corrected chi connectivity index (χ2v) is 10.7. The maximum atomic E-state index is 13.1. The number of likely N-dealkylation sites (tertiary alicyclic amines) is 1. The lowest BCUT2D eigenvalue weighted by molar-refractivity contribution is -0.127. The molecule has 176 valence electrons. The molecule has 3 rings (SSSR count). The molecule has 2 aromatic heterocycles. The van der Waals surface area contributed by atoms with Crippen molar-refractivity contribution in [3.63, 3.8) is 0 Å². The number of amides is 2. The number of hydrogen-bond donors (Lipinski definition) is 0. The number of hydrogen-bond acceptors (Lipinski definition) is 6. The second-order valence-electron chi connectivity index (χ2n) is 7.94. The van der Waals surface area contributed by atoms with Crippen LogP contribution < -0.4 is 0 Å². The van der Waals surface area contributed by atoms with Gasteiger partial charge in [-0.05, 0) is 61.2 Å². The molecule has 0 bridgehead atoms. The first kappa shape index (κ1) is 24.5. The van der Waals surface area contributed by atoms with Crippen molar-refractivity contribution in [2.24, 2.45) is 0 Å². The SMILES string of the molecule is CCCS(=O)(=O)N(CCCN1CCCC1=O)C(=O)c1ccc(Cn2nc(C)c(Br)c2C)o1. The third-order valence-corrected chi connectivity index (χ3v) is 8.55. The minimum absolute atomic E-state index is 0.00534. The molecule has 0 unspecified atom stereocenters. The number of rotatable bonds is 10. The van der Waals surface area contributed by atoms with Gasteiger partial charge in [0, 0.05) is 26.1 Å². The summed E-state index contributed by atoms with van der Waals surface area (Å²) in [5.74, 6) is -0.272. The summed E-state index contributed by atoms with van der Waals surface area (Å²) in [7, 11) is -3.79. The van der Waals surface area contributed by atoms with Crippen LogP contribution in [0.5, 0.6) is 0 Å². The fraction of sp³-hybridized carbons (Fsp3) is 0.571. The van der Waals surface area contributed by atoms with Gasteiger partial charge in [0.25, 0.3) is 0 Å². The van der Waals surface area contributed by atoms with Crippen molar-refractivity contribution in [2.45, 2.75) is 53.0 Å². The monoisotopic (exact) mass is 528 g/mol. The van der Waals surface area contributed by atoms with Crippen LogP contribution in [-0.2, 0) is 21.4 Å². The zero-order valence-electron chi connectivity index (χ0n) is 18.6. The van der Waals surface area contributed by atoms with E-state index in [-0.39, 0.29) is 24.0 Å². The lowest BCUT2D eigenvalue weighted by Crippen LogP contribution is -2.40. The Labute approximate surface area is 196 Å². The lowest BCUT2D eigenvalue weighted by Gasteiger charge is -2.23.